The number of nitrogens with two attached hydrogens (primary N) is 1. The molecular weight excluding hydrogens is 641 g/mol. The van der Waals surface area contributed by atoms with Gasteiger partial charge in [-0.25, -0.2) is 4.57 Å². The molecule has 0 fully saturated rings. The van der Waals surface area contributed by atoms with Gasteiger partial charge in [0.15, 0.2) is 6.10 Å². The van der Waals surface area contributed by atoms with Gasteiger partial charge in [-0.1, -0.05) is 127 Å². The Morgan fingerprint density at radius 1 is 0.612 bits per heavy atom. The molecule has 0 aliphatic rings. The Morgan fingerprint density at radius 2 is 1.06 bits per heavy atom. The smallest absolute Gasteiger partial charge is 0.462 e. The number of ether oxygens (including phenoxy) is 2. The quantitative estimate of drug-likeness (QED) is 0.0285. The molecule has 10 heteroatoms. The van der Waals surface area contributed by atoms with Gasteiger partial charge in [0.1, 0.15) is 6.61 Å². The minimum Gasteiger partial charge on any atom is -0.462 e. The second-order valence-electron chi connectivity index (χ2n) is 12.4. The molecule has 0 spiro atoms. The van der Waals surface area contributed by atoms with Crippen molar-refractivity contribution in [1.82, 2.24) is 0 Å². The van der Waals surface area contributed by atoms with E-state index in [1.807, 2.05) is 0 Å². The van der Waals surface area contributed by atoms with Crippen molar-refractivity contribution in [3.05, 3.63) is 48.6 Å². The highest BCUT2D eigenvalue weighted by atomic mass is 31.2. The summed E-state index contributed by atoms with van der Waals surface area (Å²) in [6, 6.07) is 0. The van der Waals surface area contributed by atoms with Crippen LogP contribution in [0.5, 0.6) is 0 Å². The highest BCUT2D eigenvalue weighted by Crippen LogP contribution is 2.43. The van der Waals surface area contributed by atoms with E-state index in [1.165, 1.54) is 25.7 Å². The molecule has 0 bridgehead atoms. The zero-order valence-electron chi connectivity index (χ0n) is 30.9. The average Bonchev–Trinajstić information content (AvgIpc) is 3.08. The predicted molar refractivity (Wildman–Crippen MR) is 201 cm³/mol. The molecule has 284 valence electrons. The second-order valence-corrected chi connectivity index (χ2v) is 13.9. The highest BCUT2D eigenvalue weighted by molar-refractivity contribution is 7.47. The van der Waals surface area contributed by atoms with Crippen molar-refractivity contribution in [3.8, 4) is 0 Å². The van der Waals surface area contributed by atoms with E-state index in [9.17, 15) is 19.0 Å². The first kappa shape index (κ1) is 47.0. The van der Waals surface area contributed by atoms with Gasteiger partial charge in [-0.2, -0.15) is 0 Å². The van der Waals surface area contributed by atoms with E-state index in [0.717, 1.165) is 89.9 Å². The molecule has 0 aliphatic heterocycles. The lowest BCUT2D eigenvalue weighted by molar-refractivity contribution is -0.161. The third kappa shape index (κ3) is 35.6. The number of carbonyl (C=O) groups is 2. The molecule has 0 aromatic carbocycles. The third-order valence-electron chi connectivity index (χ3n) is 7.69. The molecule has 0 radical (unpaired) electrons. The van der Waals surface area contributed by atoms with E-state index >= 15 is 0 Å². The zero-order chi connectivity index (χ0) is 36.1. The lowest BCUT2D eigenvalue weighted by Gasteiger charge is -2.19. The van der Waals surface area contributed by atoms with Crippen LogP contribution in [0.15, 0.2) is 48.6 Å². The van der Waals surface area contributed by atoms with Gasteiger partial charge >= 0.3 is 19.8 Å². The van der Waals surface area contributed by atoms with E-state index in [2.05, 4.69) is 62.5 Å². The van der Waals surface area contributed by atoms with E-state index in [-0.39, 0.29) is 32.6 Å². The molecule has 0 amide bonds. The van der Waals surface area contributed by atoms with Gasteiger partial charge in [-0.15, -0.1) is 0 Å². The van der Waals surface area contributed by atoms with Gasteiger partial charge in [-0.3, -0.25) is 18.6 Å². The molecule has 1 unspecified atom stereocenters. The molecule has 0 rings (SSSR count). The van der Waals surface area contributed by atoms with Gasteiger partial charge in [-0.05, 0) is 64.2 Å². The zero-order valence-corrected chi connectivity index (χ0v) is 31.8. The van der Waals surface area contributed by atoms with E-state index < -0.39 is 32.5 Å². The topological polar surface area (TPSA) is 134 Å². The maximum Gasteiger partial charge on any atom is 0.472 e. The fourth-order valence-corrected chi connectivity index (χ4v) is 5.55. The molecule has 3 N–H and O–H groups in total. The minimum atomic E-state index is -4.38. The highest BCUT2D eigenvalue weighted by Gasteiger charge is 2.25. The fraction of sp³-hybridized carbons (Fsp3) is 0.744. The Bertz CT molecular complexity index is 949. The molecule has 0 saturated heterocycles. The molecule has 0 saturated carbocycles. The monoisotopic (exact) mass is 711 g/mol. The number of phosphoric ester groups is 1. The Labute approximate surface area is 298 Å². The van der Waals surface area contributed by atoms with Crippen LogP contribution >= 0.6 is 7.82 Å². The minimum absolute atomic E-state index is 0.0472. The number of carbonyl (C=O) groups excluding carboxylic acids is 2. The van der Waals surface area contributed by atoms with Crippen LogP contribution in [0.2, 0.25) is 0 Å². The number of esters is 2. The number of hydrogen-bond acceptors (Lipinski definition) is 8. The van der Waals surface area contributed by atoms with Gasteiger partial charge < -0.3 is 20.1 Å². The summed E-state index contributed by atoms with van der Waals surface area (Å²) < 4.78 is 32.6. The average molecular weight is 712 g/mol. The SMILES string of the molecule is CCCC/C=C\C/C=C\CCCCCCCC(=O)OC[C@H](COP(=O)(O)OCCN)OC(=O)CCCCCCC/C=C\C/C=C\CCCC. The molecule has 2 atom stereocenters. The summed E-state index contributed by atoms with van der Waals surface area (Å²) in [7, 11) is -4.38. The van der Waals surface area contributed by atoms with Crippen molar-refractivity contribution in [2.24, 2.45) is 5.73 Å². The summed E-state index contributed by atoms with van der Waals surface area (Å²) in [5.41, 5.74) is 5.33. The summed E-state index contributed by atoms with van der Waals surface area (Å²) in [5.74, 6) is -0.866. The van der Waals surface area contributed by atoms with Gasteiger partial charge in [0.2, 0.25) is 0 Å². The number of hydrogen-bond donors (Lipinski definition) is 2. The van der Waals surface area contributed by atoms with Crippen LogP contribution in [0.25, 0.3) is 0 Å². The Kier molecular flexibility index (Phi) is 34.3. The molecule has 49 heavy (non-hydrogen) atoms. The van der Waals surface area contributed by atoms with Gasteiger partial charge in [0.05, 0.1) is 13.2 Å². The first-order valence-corrected chi connectivity index (χ1v) is 20.6. The van der Waals surface area contributed by atoms with Crippen molar-refractivity contribution >= 4 is 19.8 Å². The van der Waals surface area contributed by atoms with Crippen molar-refractivity contribution in [3.63, 3.8) is 0 Å². The van der Waals surface area contributed by atoms with Crippen LogP contribution < -0.4 is 5.73 Å². The van der Waals surface area contributed by atoms with E-state index in [1.54, 1.807) is 0 Å². The molecular formula is C39H70NO8P. The van der Waals surface area contributed by atoms with Crippen LogP contribution in [-0.2, 0) is 32.7 Å². The van der Waals surface area contributed by atoms with Crippen LogP contribution in [-0.4, -0.2) is 49.3 Å². The molecule has 9 nitrogen and oxygen atoms in total. The third-order valence-corrected chi connectivity index (χ3v) is 8.67. The first-order valence-electron chi connectivity index (χ1n) is 19.1. The summed E-state index contributed by atoms with van der Waals surface area (Å²) in [6.45, 7) is 3.59. The Morgan fingerprint density at radius 3 is 1.55 bits per heavy atom. The lowest BCUT2D eigenvalue weighted by Crippen LogP contribution is -2.29. The van der Waals surface area contributed by atoms with E-state index in [0.29, 0.717) is 12.8 Å². The van der Waals surface area contributed by atoms with Crippen molar-refractivity contribution < 1.29 is 37.6 Å². The summed E-state index contributed by atoms with van der Waals surface area (Å²) in [4.78, 5) is 34.7. The molecule has 0 aliphatic carbocycles. The fourth-order valence-electron chi connectivity index (χ4n) is 4.78. The van der Waals surface area contributed by atoms with Gasteiger partial charge in [0.25, 0.3) is 0 Å². The maximum atomic E-state index is 12.5. The van der Waals surface area contributed by atoms with Crippen LogP contribution in [0, 0.1) is 0 Å². The first-order chi connectivity index (χ1) is 23.8. The Hall–Kier alpha value is -2.03. The van der Waals surface area contributed by atoms with Crippen molar-refractivity contribution in [2.45, 2.75) is 161 Å². The van der Waals surface area contributed by atoms with Crippen molar-refractivity contribution in [1.29, 1.82) is 0 Å². The lowest BCUT2D eigenvalue weighted by atomic mass is 10.1. The van der Waals surface area contributed by atoms with E-state index in [4.69, 9.17) is 24.3 Å². The predicted octanol–water partition coefficient (Wildman–Crippen LogP) is 10.4. The van der Waals surface area contributed by atoms with Crippen LogP contribution in [0.1, 0.15) is 155 Å². The largest absolute Gasteiger partial charge is 0.472 e. The Balaban J connectivity index is 4.28. The number of rotatable bonds is 35. The van der Waals surface area contributed by atoms with Crippen molar-refractivity contribution in [2.75, 3.05) is 26.4 Å². The molecule has 0 aromatic rings. The van der Waals surface area contributed by atoms with Crippen LogP contribution in [0.4, 0.5) is 0 Å². The number of phosphoric acid groups is 1. The second kappa shape index (κ2) is 35.8. The standard InChI is InChI=1S/C39H70NO8P/c1-3-5-7-9-11-13-15-17-19-21-23-25-27-29-31-38(41)45-35-37(36-47-49(43,44)46-34-33-40)48-39(42)32-30-28-26-24-22-20-18-16-14-12-10-8-6-4-2/h9-12,15-18,37H,3-8,13-14,19-36,40H2,1-2H3,(H,43,44)/b11-9-,12-10-,17-15-,18-16-/t37-/m1/s1. The molecule has 0 heterocycles. The summed E-state index contributed by atoms with van der Waals surface area (Å²) in [6.07, 6.45) is 38.5. The normalized spacial score (nSPS) is 14.0. The number of unbranched alkanes of at least 4 members (excludes halogenated alkanes) is 14. The van der Waals surface area contributed by atoms with Gasteiger partial charge in [0, 0.05) is 19.4 Å². The number of allylic oxidation sites excluding steroid dienone is 8. The maximum absolute atomic E-state index is 12.5. The van der Waals surface area contributed by atoms with Crippen LogP contribution in [0.3, 0.4) is 0 Å². The molecule has 0 aromatic heterocycles. The summed E-state index contributed by atoms with van der Waals surface area (Å²) in [5, 5.41) is 0. The summed E-state index contributed by atoms with van der Waals surface area (Å²) >= 11 is 0.